The zero-order chi connectivity index (χ0) is 19.5. The highest BCUT2D eigenvalue weighted by Crippen LogP contribution is 2.29. The highest BCUT2D eigenvalue weighted by molar-refractivity contribution is 7.80. The van der Waals surface area contributed by atoms with Crippen molar-refractivity contribution in [3.05, 3.63) is 47.8 Å². The third kappa shape index (κ3) is 3.91. The van der Waals surface area contributed by atoms with Gasteiger partial charge < -0.3 is 19.4 Å². The second-order valence-corrected chi connectivity index (χ2v) is 7.69. The Kier molecular flexibility index (Phi) is 5.64. The molecule has 0 bridgehead atoms. The summed E-state index contributed by atoms with van der Waals surface area (Å²) in [6.07, 6.45) is 4.56. The fraction of sp³-hybridized carbons (Fsp3) is 0.429. The molecule has 2 aromatic rings. The van der Waals surface area contributed by atoms with Gasteiger partial charge in [0.25, 0.3) is 0 Å². The molecule has 2 aliphatic heterocycles. The first-order valence-corrected chi connectivity index (χ1v) is 10.2. The molecule has 1 aromatic heterocycles. The summed E-state index contributed by atoms with van der Waals surface area (Å²) in [7, 11) is 0. The predicted octanol–water partition coefficient (Wildman–Crippen LogP) is 3.94. The first kappa shape index (κ1) is 19.0. The van der Waals surface area contributed by atoms with Crippen LogP contribution in [0.25, 0.3) is 5.69 Å². The molecule has 0 unspecified atom stereocenters. The standard InChI is InChI=1S/C21H25N3O3S/c1-2-3-6-20(28)22-11-18-12-24(21(25)27-18)16-8-7-15-13-26-14-17-5-4-9-23(17)19(15)10-16/h4-5,7-10,18H,2-3,6,11-14H2,1H3,(H,22,28)/t18-/m0/s1. The van der Waals surface area contributed by atoms with Crippen LogP contribution in [-0.4, -0.2) is 34.8 Å². The number of carbonyl (C=O) groups is 1. The van der Waals surface area contributed by atoms with Crippen molar-refractivity contribution in [2.45, 2.75) is 45.5 Å². The molecule has 0 saturated carbocycles. The Balaban J connectivity index is 1.47. The molecule has 0 aliphatic carbocycles. The lowest BCUT2D eigenvalue weighted by molar-refractivity contribution is 0.108. The molecule has 0 spiro atoms. The van der Waals surface area contributed by atoms with Crippen molar-refractivity contribution in [3.63, 3.8) is 0 Å². The Hall–Kier alpha value is -2.38. The van der Waals surface area contributed by atoms with Gasteiger partial charge in [-0.15, -0.1) is 0 Å². The van der Waals surface area contributed by atoms with Gasteiger partial charge in [0.05, 0.1) is 37.0 Å². The molecule has 7 heteroatoms. The van der Waals surface area contributed by atoms with Crippen LogP contribution in [0.5, 0.6) is 0 Å². The number of anilines is 1. The quantitative estimate of drug-likeness (QED) is 0.746. The monoisotopic (exact) mass is 399 g/mol. The van der Waals surface area contributed by atoms with Crippen molar-refractivity contribution >= 4 is 29.0 Å². The molecule has 1 N–H and O–H groups in total. The van der Waals surface area contributed by atoms with Crippen LogP contribution in [0.15, 0.2) is 36.5 Å². The van der Waals surface area contributed by atoms with Gasteiger partial charge in [-0.2, -0.15) is 0 Å². The van der Waals surface area contributed by atoms with Crippen molar-refractivity contribution < 1.29 is 14.3 Å². The minimum absolute atomic E-state index is 0.212. The van der Waals surface area contributed by atoms with E-state index in [1.807, 2.05) is 30.5 Å². The molecule has 1 fully saturated rings. The van der Waals surface area contributed by atoms with Gasteiger partial charge in [-0.3, -0.25) is 4.90 Å². The molecule has 1 amide bonds. The molecule has 28 heavy (non-hydrogen) atoms. The first-order chi connectivity index (χ1) is 13.7. The number of nitrogens with zero attached hydrogens (tertiary/aromatic N) is 2. The number of rotatable bonds is 6. The summed E-state index contributed by atoms with van der Waals surface area (Å²) in [5, 5.41) is 3.23. The van der Waals surface area contributed by atoms with Crippen molar-refractivity contribution in [1.82, 2.24) is 9.88 Å². The van der Waals surface area contributed by atoms with Crippen LogP contribution >= 0.6 is 12.2 Å². The SMILES string of the molecule is CCCCC(=S)NC[C@H]1CN(c2ccc3c(c2)-n2cccc2COC3)C(=O)O1. The zero-order valence-corrected chi connectivity index (χ0v) is 16.8. The molecule has 3 heterocycles. The summed E-state index contributed by atoms with van der Waals surface area (Å²) in [4.78, 5) is 15.0. The molecule has 1 saturated heterocycles. The maximum absolute atomic E-state index is 12.4. The average Bonchev–Trinajstić information content (AvgIpc) is 3.27. The van der Waals surface area contributed by atoms with E-state index in [0.29, 0.717) is 26.3 Å². The van der Waals surface area contributed by atoms with Gasteiger partial charge in [-0.25, -0.2) is 4.79 Å². The van der Waals surface area contributed by atoms with Crippen LogP contribution in [0.4, 0.5) is 10.5 Å². The van der Waals surface area contributed by atoms with Crippen LogP contribution in [0.1, 0.15) is 37.4 Å². The number of amides is 1. The molecule has 1 atom stereocenters. The van der Waals surface area contributed by atoms with E-state index in [9.17, 15) is 4.79 Å². The van der Waals surface area contributed by atoms with Gasteiger partial charge in [0.2, 0.25) is 0 Å². The number of nitrogens with one attached hydrogen (secondary N) is 1. The number of ether oxygens (including phenoxy) is 2. The van der Waals surface area contributed by atoms with Gasteiger partial charge in [0.15, 0.2) is 0 Å². The van der Waals surface area contributed by atoms with E-state index in [4.69, 9.17) is 21.7 Å². The average molecular weight is 400 g/mol. The zero-order valence-electron chi connectivity index (χ0n) is 16.0. The molecule has 148 valence electrons. The topological polar surface area (TPSA) is 55.7 Å². The molecule has 4 rings (SSSR count). The Morgan fingerprint density at radius 1 is 1.32 bits per heavy atom. The van der Waals surface area contributed by atoms with Crippen LogP contribution in [-0.2, 0) is 22.7 Å². The summed E-state index contributed by atoms with van der Waals surface area (Å²) in [6.45, 7) is 4.34. The molecular weight excluding hydrogens is 374 g/mol. The number of unbranched alkanes of at least 4 members (excludes halogenated alkanes) is 1. The predicted molar refractivity (Wildman–Crippen MR) is 112 cm³/mol. The van der Waals surface area contributed by atoms with Gasteiger partial charge in [-0.1, -0.05) is 31.6 Å². The van der Waals surface area contributed by atoms with Gasteiger partial charge in [-0.05, 0) is 37.1 Å². The van der Waals surface area contributed by atoms with Crippen molar-refractivity contribution in [2.75, 3.05) is 18.0 Å². The summed E-state index contributed by atoms with van der Waals surface area (Å²) in [5.74, 6) is 0. The largest absolute Gasteiger partial charge is 0.442 e. The summed E-state index contributed by atoms with van der Waals surface area (Å²) in [6, 6.07) is 10.1. The van der Waals surface area contributed by atoms with E-state index < -0.39 is 0 Å². The minimum Gasteiger partial charge on any atom is -0.442 e. The second kappa shape index (κ2) is 8.32. The van der Waals surface area contributed by atoms with Gasteiger partial charge in [0.1, 0.15) is 6.10 Å². The summed E-state index contributed by atoms with van der Waals surface area (Å²) < 4.78 is 13.4. The number of aromatic nitrogens is 1. The van der Waals surface area contributed by atoms with E-state index in [-0.39, 0.29) is 12.2 Å². The Morgan fingerprint density at radius 3 is 3.07 bits per heavy atom. The van der Waals surface area contributed by atoms with E-state index in [0.717, 1.165) is 46.9 Å². The number of fused-ring (bicyclic) bond motifs is 3. The van der Waals surface area contributed by atoms with E-state index >= 15 is 0 Å². The minimum atomic E-state index is -0.316. The third-order valence-electron chi connectivity index (χ3n) is 5.14. The van der Waals surface area contributed by atoms with E-state index in [1.165, 1.54) is 0 Å². The third-order valence-corrected chi connectivity index (χ3v) is 5.49. The molecule has 0 radical (unpaired) electrons. The Morgan fingerprint density at radius 2 is 2.21 bits per heavy atom. The number of carbonyl (C=O) groups excluding carboxylic acids is 1. The highest BCUT2D eigenvalue weighted by atomic mass is 32.1. The Bertz CT molecular complexity index is 880. The second-order valence-electron chi connectivity index (χ2n) is 7.20. The van der Waals surface area contributed by atoms with Crippen molar-refractivity contribution in [3.8, 4) is 5.69 Å². The maximum atomic E-state index is 12.4. The fourth-order valence-electron chi connectivity index (χ4n) is 3.59. The Labute approximate surface area is 170 Å². The van der Waals surface area contributed by atoms with Crippen LogP contribution in [0, 0.1) is 0 Å². The van der Waals surface area contributed by atoms with E-state index in [2.05, 4.69) is 22.9 Å². The van der Waals surface area contributed by atoms with Crippen molar-refractivity contribution in [1.29, 1.82) is 0 Å². The highest BCUT2D eigenvalue weighted by Gasteiger charge is 2.32. The number of thiocarbonyl (C=S) groups is 1. The van der Waals surface area contributed by atoms with Crippen LogP contribution in [0.2, 0.25) is 0 Å². The smallest absolute Gasteiger partial charge is 0.414 e. The number of cyclic esters (lactones) is 1. The summed E-state index contributed by atoms with van der Waals surface area (Å²) >= 11 is 5.34. The van der Waals surface area contributed by atoms with Gasteiger partial charge in [0, 0.05) is 23.1 Å². The van der Waals surface area contributed by atoms with Crippen molar-refractivity contribution in [2.24, 2.45) is 0 Å². The molecule has 2 aliphatic rings. The molecule has 6 nitrogen and oxygen atoms in total. The van der Waals surface area contributed by atoms with E-state index in [1.54, 1.807) is 4.90 Å². The molecular formula is C21H25N3O3S. The normalized spacial score (nSPS) is 18.2. The lowest BCUT2D eigenvalue weighted by atomic mass is 10.1. The fourth-order valence-corrected chi connectivity index (χ4v) is 3.82. The van der Waals surface area contributed by atoms with Gasteiger partial charge >= 0.3 is 6.09 Å². The number of benzene rings is 1. The lowest BCUT2D eigenvalue weighted by Crippen LogP contribution is -2.33. The molecule has 1 aromatic carbocycles. The van der Waals surface area contributed by atoms with Crippen LogP contribution < -0.4 is 10.2 Å². The first-order valence-electron chi connectivity index (χ1n) is 9.78. The maximum Gasteiger partial charge on any atom is 0.414 e. The lowest BCUT2D eigenvalue weighted by Gasteiger charge is -2.17. The number of hydrogen-bond donors (Lipinski definition) is 1. The number of hydrogen-bond acceptors (Lipinski definition) is 4. The summed E-state index contributed by atoms with van der Waals surface area (Å²) in [5.41, 5.74) is 4.08. The van der Waals surface area contributed by atoms with Crippen LogP contribution in [0.3, 0.4) is 0 Å².